The fourth-order valence-corrected chi connectivity index (χ4v) is 5.70. The molecule has 1 aromatic heterocycles. The van der Waals surface area contributed by atoms with Gasteiger partial charge in [0.05, 0.1) is 16.8 Å². The predicted octanol–water partition coefficient (Wildman–Crippen LogP) is 7.33. The minimum Gasteiger partial charge on any atom is -0.284 e. The Hall–Kier alpha value is -2.63. The van der Waals surface area contributed by atoms with Crippen LogP contribution in [0.2, 0.25) is 0 Å². The lowest BCUT2D eigenvalue weighted by molar-refractivity contribution is -0.118. The Morgan fingerprint density at radius 1 is 0.969 bits per heavy atom. The predicted molar refractivity (Wildman–Crippen MR) is 138 cm³/mol. The van der Waals surface area contributed by atoms with Crippen molar-refractivity contribution in [3.05, 3.63) is 89.0 Å². The van der Waals surface area contributed by atoms with E-state index in [4.69, 9.17) is 4.98 Å². The minimum atomic E-state index is 0.131. The first-order chi connectivity index (χ1) is 15.5. The molecule has 0 aliphatic heterocycles. The van der Waals surface area contributed by atoms with Crippen molar-refractivity contribution in [2.75, 3.05) is 10.7 Å². The van der Waals surface area contributed by atoms with Crippen LogP contribution in [0.15, 0.2) is 71.6 Å². The van der Waals surface area contributed by atoms with Gasteiger partial charge in [0.2, 0.25) is 5.91 Å². The number of aromatic nitrogens is 1. The molecule has 164 valence electrons. The third kappa shape index (κ3) is 5.59. The average Bonchev–Trinajstić information content (AvgIpc) is 3.21. The number of carbonyl (C=O) groups excluding carboxylic acids is 1. The summed E-state index contributed by atoms with van der Waals surface area (Å²) in [6, 6.07) is 23.0. The van der Waals surface area contributed by atoms with Gasteiger partial charge in [-0.15, -0.1) is 11.8 Å². The standard InChI is InChI=1S/C27H28N2OS2/c1-19-11-13-23(14-12-19)31-15-7-10-25(30)29(18-22-8-5-4-6-9-22)27-28-26-21(3)16-20(2)17-24(26)32-27/h4-6,8-9,11-14,16-17H,7,10,15,18H2,1-3H3. The molecule has 0 N–H and O–H groups in total. The lowest BCUT2D eigenvalue weighted by Gasteiger charge is -2.20. The van der Waals surface area contributed by atoms with Gasteiger partial charge in [0, 0.05) is 11.3 Å². The number of amides is 1. The zero-order valence-electron chi connectivity index (χ0n) is 18.8. The average molecular weight is 461 g/mol. The summed E-state index contributed by atoms with van der Waals surface area (Å²) in [5.74, 6) is 1.05. The number of hydrogen-bond donors (Lipinski definition) is 0. The summed E-state index contributed by atoms with van der Waals surface area (Å²) >= 11 is 3.41. The zero-order valence-corrected chi connectivity index (χ0v) is 20.4. The van der Waals surface area contributed by atoms with Crippen LogP contribution in [-0.2, 0) is 11.3 Å². The topological polar surface area (TPSA) is 33.2 Å². The van der Waals surface area contributed by atoms with Gasteiger partial charge >= 0.3 is 0 Å². The zero-order chi connectivity index (χ0) is 22.5. The van der Waals surface area contributed by atoms with Crippen LogP contribution in [0.5, 0.6) is 0 Å². The van der Waals surface area contributed by atoms with E-state index in [1.807, 2.05) is 23.1 Å². The molecule has 0 radical (unpaired) electrons. The summed E-state index contributed by atoms with van der Waals surface area (Å²) in [6.45, 7) is 6.83. The summed E-state index contributed by atoms with van der Waals surface area (Å²) in [5.41, 5.74) is 5.75. The Labute approximate surface area is 198 Å². The van der Waals surface area contributed by atoms with Gasteiger partial charge in [-0.05, 0) is 67.8 Å². The van der Waals surface area contributed by atoms with E-state index < -0.39 is 0 Å². The van der Waals surface area contributed by atoms with Gasteiger partial charge in [-0.3, -0.25) is 9.69 Å². The first kappa shape index (κ1) is 22.6. The molecule has 1 amide bonds. The number of carbonyl (C=O) groups is 1. The van der Waals surface area contributed by atoms with Crippen LogP contribution in [0.25, 0.3) is 10.2 Å². The largest absolute Gasteiger partial charge is 0.284 e. The molecule has 0 saturated heterocycles. The molecule has 0 fully saturated rings. The van der Waals surface area contributed by atoms with E-state index in [2.05, 4.69) is 69.3 Å². The Morgan fingerprint density at radius 2 is 1.72 bits per heavy atom. The van der Waals surface area contributed by atoms with Gasteiger partial charge in [0.15, 0.2) is 5.13 Å². The van der Waals surface area contributed by atoms with Crippen molar-refractivity contribution in [2.45, 2.75) is 45.1 Å². The molecule has 32 heavy (non-hydrogen) atoms. The van der Waals surface area contributed by atoms with Gasteiger partial charge < -0.3 is 0 Å². The lowest BCUT2D eigenvalue weighted by Crippen LogP contribution is -2.30. The highest BCUT2D eigenvalue weighted by Crippen LogP contribution is 2.33. The Kier molecular flexibility index (Phi) is 7.28. The highest BCUT2D eigenvalue weighted by atomic mass is 32.2. The normalized spacial score (nSPS) is 11.1. The summed E-state index contributed by atoms with van der Waals surface area (Å²) in [4.78, 5) is 21.3. The number of fused-ring (bicyclic) bond motifs is 1. The molecule has 3 aromatic carbocycles. The molecule has 5 heteroatoms. The van der Waals surface area contributed by atoms with E-state index in [0.717, 1.165) is 38.6 Å². The Morgan fingerprint density at radius 3 is 2.47 bits per heavy atom. The van der Waals surface area contributed by atoms with Crippen molar-refractivity contribution < 1.29 is 4.79 Å². The van der Waals surface area contributed by atoms with Crippen LogP contribution in [0.4, 0.5) is 5.13 Å². The third-order valence-corrected chi connectivity index (χ3v) is 7.48. The highest BCUT2D eigenvalue weighted by molar-refractivity contribution is 7.99. The van der Waals surface area contributed by atoms with Crippen molar-refractivity contribution in [1.29, 1.82) is 0 Å². The Balaban J connectivity index is 1.49. The van der Waals surface area contributed by atoms with Crippen LogP contribution >= 0.6 is 23.1 Å². The highest BCUT2D eigenvalue weighted by Gasteiger charge is 2.20. The molecule has 0 saturated carbocycles. The molecular weight excluding hydrogens is 432 g/mol. The van der Waals surface area contributed by atoms with Crippen LogP contribution in [0.3, 0.4) is 0 Å². The van der Waals surface area contributed by atoms with Crippen molar-refractivity contribution in [1.82, 2.24) is 4.98 Å². The summed E-state index contributed by atoms with van der Waals surface area (Å²) in [7, 11) is 0. The molecule has 0 aliphatic carbocycles. The molecule has 0 bridgehead atoms. The van der Waals surface area contributed by atoms with Crippen LogP contribution in [0.1, 0.15) is 35.1 Å². The van der Waals surface area contributed by atoms with Gasteiger partial charge in [-0.1, -0.05) is 65.4 Å². The van der Waals surface area contributed by atoms with Crippen LogP contribution in [0, 0.1) is 20.8 Å². The molecule has 0 atom stereocenters. The van der Waals surface area contributed by atoms with E-state index in [0.29, 0.717) is 13.0 Å². The second-order valence-electron chi connectivity index (χ2n) is 8.16. The number of aryl methyl sites for hydroxylation is 3. The first-order valence-corrected chi connectivity index (χ1v) is 12.7. The number of anilines is 1. The molecule has 4 rings (SSSR count). The quantitative estimate of drug-likeness (QED) is 0.204. The fourth-order valence-electron chi connectivity index (χ4n) is 3.69. The van der Waals surface area contributed by atoms with E-state index in [1.54, 1.807) is 23.1 Å². The van der Waals surface area contributed by atoms with Crippen LogP contribution in [-0.4, -0.2) is 16.6 Å². The second-order valence-corrected chi connectivity index (χ2v) is 10.3. The van der Waals surface area contributed by atoms with E-state index in [1.165, 1.54) is 16.0 Å². The van der Waals surface area contributed by atoms with Gasteiger partial charge in [-0.2, -0.15) is 0 Å². The number of thiazole rings is 1. The molecule has 0 unspecified atom stereocenters. The summed E-state index contributed by atoms with van der Waals surface area (Å²) in [6.07, 6.45) is 1.35. The molecule has 0 aliphatic rings. The van der Waals surface area contributed by atoms with E-state index >= 15 is 0 Å². The number of rotatable bonds is 8. The molecule has 0 spiro atoms. The Bertz CT molecular complexity index is 1200. The summed E-state index contributed by atoms with van der Waals surface area (Å²) in [5, 5.41) is 0.786. The van der Waals surface area contributed by atoms with E-state index in [9.17, 15) is 4.79 Å². The summed E-state index contributed by atoms with van der Waals surface area (Å²) < 4.78 is 1.14. The number of nitrogens with zero attached hydrogens (tertiary/aromatic N) is 2. The maximum Gasteiger partial charge on any atom is 0.229 e. The smallest absolute Gasteiger partial charge is 0.229 e. The molecule has 4 aromatic rings. The van der Waals surface area contributed by atoms with E-state index in [-0.39, 0.29) is 5.91 Å². The van der Waals surface area contributed by atoms with Crippen molar-refractivity contribution in [3.63, 3.8) is 0 Å². The monoisotopic (exact) mass is 460 g/mol. The van der Waals surface area contributed by atoms with Crippen molar-refractivity contribution >= 4 is 44.4 Å². The lowest BCUT2D eigenvalue weighted by atomic mass is 10.1. The maximum atomic E-state index is 13.3. The number of hydrogen-bond acceptors (Lipinski definition) is 4. The van der Waals surface area contributed by atoms with Crippen LogP contribution < -0.4 is 4.90 Å². The van der Waals surface area contributed by atoms with Crippen molar-refractivity contribution in [2.24, 2.45) is 0 Å². The molecule has 3 nitrogen and oxygen atoms in total. The fraction of sp³-hybridized carbons (Fsp3) is 0.259. The van der Waals surface area contributed by atoms with Gasteiger partial charge in [-0.25, -0.2) is 4.98 Å². The first-order valence-electron chi connectivity index (χ1n) is 10.9. The van der Waals surface area contributed by atoms with Gasteiger partial charge in [0.1, 0.15) is 0 Å². The third-order valence-electron chi connectivity index (χ3n) is 5.36. The molecule has 1 heterocycles. The molecular formula is C27H28N2OS2. The van der Waals surface area contributed by atoms with Crippen molar-refractivity contribution in [3.8, 4) is 0 Å². The maximum absolute atomic E-state index is 13.3. The van der Waals surface area contributed by atoms with Gasteiger partial charge in [0.25, 0.3) is 0 Å². The number of thioether (sulfide) groups is 1. The second kappa shape index (κ2) is 10.3. The number of benzene rings is 3. The SMILES string of the molecule is Cc1ccc(SCCCC(=O)N(Cc2ccccc2)c2nc3c(C)cc(C)cc3s2)cc1. The minimum absolute atomic E-state index is 0.131.